The van der Waals surface area contributed by atoms with Crippen LogP contribution in [-0.2, 0) is 0 Å². The van der Waals surface area contributed by atoms with Crippen molar-refractivity contribution < 1.29 is 0 Å². The molecule has 0 aromatic heterocycles. The number of piperazine rings is 1. The smallest absolute Gasteiger partial charge is 0.0389 e. The van der Waals surface area contributed by atoms with Gasteiger partial charge in [-0.05, 0) is 38.1 Å². The molecule has 1 aliphatic rings. The number of likely N-dealkylation sites (N-methyl/N-ethyl adjacent to an activating group) is 1. The first-order chi connectivity index (χ1) is 8.61. The molecule has 3 heteroatoms. The lowest BCUT2D eigenvalue weighted by Gasteiger charge is -2.39. The van der Waals surface area contributed by atoms with Crippen LogP contribution in [0.5, 0.6) is 0 Å². The number of anilines is 1. The molecule has 1 aliphatic heterocycles. The minimum Gasteiger partial charge on any atom is -0.366 e. The van der Waals surface area contributed by atoms with E-state index in [4.69, 9.17) is 5.73 Å². The number of benzene rings is 1. The molecule has 3 nitrogen and oxygen atoms in total. The van der Waals surface area contributed by atoms with Crippen molar-refractivity contribution in [2.45, 2.75) is 32.4 Å². The van der Waals surface area contributed by atoms with E-state index in [0.29, 0.717) is 6.04 Å². The Morgan fingerprint density at radius 2 is 1.94 bits per heavy atom. The molecule has 100 valence electrons. The molecule has 1 saturated heterocycles. The summed E-state index contributed by atoms with van der Waals surface area (Å²) in [5.74, 6) is 0. The molecule has 0 spiro atoms. The van der Waals surface area contributed by atoms with E-state index in [-0.39, 0.29) is 6.04 Å². The van der Waals surface area contributed by atoms with Gasteiger partial charge >= 0.3 is 0 Å². The van der Waals surface area contributed by atoms with E-state index in [1.54, 1.807) is 0 Å². The molecule has 1 aromatic rings. The predicted octanol–water partition coefficient (Wildman–Crippen LogP) is 2.24. The van der Waals surface area contributed by atoms with Gasteiger partial charge in [0.05, 0.1) is 0 Å². The van der Waals surface area contributed by atoms with Crippen molar-refractivity contribution in [3.63, 3.8) is 0 Å². The van der Waals surface area contributed by atoms with Gasteiger partial charge in [0.1, 0.15) is 0 Å². The Kier molecular flexibility index (Phi) is 4.25. The number of hydrogen-bond acceptors (Lipinski definition) is 3. The second kappa shape index (κ2) is 5.72. The number of rotatable bonds is 3. The van der Waals surface area contributed by atoms with Crippen LogP contribution in [0.4, 0.5) is 5.69 Å². The van der Waals surface area contributed by atoms with Crippen LogP contribution in [0.3, 0.4) is 0 Å². The van der Waals surface area contributed by atoms with Gasteiger partial charge in [0.15, 0.2) is 0 Å². The van der Waals surface area contributed by atoms with Gasteiger partial charge in [0, 0.05) is 37.4 Å². The summed E-state index contributed by atoms with van der Waals surface area (Å²) in [5, 5.41) is 0. The van der Waals surface area contributed by atoms with E-state index < -0.39 is 0 Å². The van der Waals surface area contributed by atoms with Gasteiger partial charge in [-0.1, -0.05) is 19.1 Å². The summed E-state index contributed by atoms with van der Waals surface area (Å²) in [6, 6.07) is 9.53. The van der Waals surface area contributed by atoms with Crippen LogP contribution in [0.15, 0.2) is 24.3 Å². The average Bonchev–Trinajstić information content (AvgIpc) is 2.38. The van der Waals surface area contributed by atoms with Crippen LogP contribution >= 0.6 is 0 Å². The van der Waals surface area contributed by atoms with Crippen LogP contribution in [0, 0.1) is 0 Å². The molecule has 0 bridgehead atoms. The van der Waals surface area contributed by atoms with E-state index in [0.717, 1.165) is 26.1 Å². The SMILES string of the molecule is CC[C@@H](N)c1ccc(N2CCN(C)CC2C)cc1. The third kappa shape index (κ3) is 2.85. The van der Waals surface area contributed by atoms with Crippen molar-refractivity contribution in [2.75, 3.05) is 31.6 Å². The highest BCUT2D eigenvalue weighted by Gasteiger charge is 2.21. The molecule has 1 heterocycles. The van der Waals surface area contributed by atoms with Crippen molar-refractivity contribution in [1.29, 1.82) is 0 Å². The fraction of sp³-hybridized carbons (Fsp3) is 0.600. The van der Waals surface area contributed by atoms with Crippen LogP contribution in [0.25, 0.3) is 0 Å². The summed E-state index contributed by atoms with van der Waals surface area (Å²) in [6.07, 6.45) is 0.990. The summed E-state index contributed by atoms with van der Waals surface area (Å²) >= 11 is 0. The summed E-state index contributed by atoms with van der Waals surface area (Å²) in [6.45, 7) is 7.80. The zero-order chi connectivity index (χ0) is 13.1. The lowest BCUT2D eigenvalue weighted by molar-refractivity contribution is 0.275. The Balaban J connectivity index is 2.09. The van der Waals surface area contributed by atoms with E-state index >= 15 is 0 Å². The lowest BCUT2D eigenvalue weighted by atomic mass is 10.0. The Hall–Kier alpha value is -1.06. The molecule has 18 heavy (non-hydrogen) atoms. The van der Waals surface area contributed by atoms with Gasteiger partial charge in [0.25, 0.3) is 0 Å². The van der Waals surface area contributed by atoms with Crippen molar-refractivity contribution in [3.8, 4) is 0 Å². The van der Waals surface area contributed by atoms with Crippen LogP contribution in [-0.4, -0.2) is 37.6 Å². The largest absolute Gasteiger partial charge is 0.366 e. The van der Waals surface area contributed by atoms with Gasteiger partial charge in [-0.3, -0.25) is 0 Å². The number of hydrogen-bond donors (Lipinski definition) is 1. The molecule has 0 radical (unpaired) electrons. The van der Waals surface area contributed by atoms with Crippen molar-refractivity contribution in [2.24, 2.45) is 5.73 Å². The molecule has 2 rings (SSSR count). The fourth-order valence-corrected chi connectivity index (χ4v) is 2.67. The Labute approximate surface area is 111 Å². The van der Waals surface area contributed by atoms with Gasteiger partial charge in [-0.15, -0.1) is 0 Å². The van der Waals surface area contributed by atoms with Gasteiger partial charge in [-0.2, -0.15) is 0 Å². The van der Waals surface area contributed by atoms with Crippen LogP contribution in [0.2, 0.25) is 0 Å². The third-order valence-electron chi connectivity index (χ3n) is 3.92. The normalized spacial score (nSPS) is 23.1. The summed E-state index contributed by atoms with van der Waals surface area (Å²) in [5.41, 5.74) is 8.61. The predicted molar refractivity (Wildman–Crippen MR) is 78.0 cm³/mol. The van der Waals surface area contributed by atoms with Gasteiger partial charge in [-0.25, -0.2) is 0 Å². The second-order valence-corrected chi connectivity index (χ2v) is 5.41. The maximum Gasteiger partial charge on any atom is 0.0389 e. The Morgan fingerprint density at radius 3 is 2.50 bits per heavy atom. The molecule has 0 aliphatic carbocycles. The topological polar surface area (TPSA) is 32.5 Å². The van der Waals surface area contributed by atoms with Gasteiger partial charge in [0.2, 0.25) is 0 Å². The highest BCUT2D eigenvalue weighted by Crippen LogP contribution is 2.23. The second-order valence-electron chi connectivity index (χ2n) is 5.41. The third-order valence-corrected chi connectivity index (χ3v) is 3.92. The minimum absolute atomic E-state index is 0.170. The number of nitrogens with zero attached hydrogens (tertiary/aromatic N) is 2. The van der Waals surface area contributed by atoms with Gasteiger partial charge < -0.3 is 15.5 Å². The van der Waals surface area contributed by atoms with E-state index in [2.05, 4.69) is 55.0 Å². The minimum atomic E-state index is 0.170. The Morgan fingerprint density at radius 1 is 1.28 bits per heavy atom. The van der Waals surface area contributed by atoms with Crippen molar-refractivity contribution >= 4 is 5.69 Å². The molecule has 1 unspecified atom stereocenters. The molecule has 2 N–H and O–H groups in total. The van der Waals surface area contributed by atoms with E-state index in [1.807, 2.05) is 0 Å². The molecular weight excluding hydrogens is 222 g/mol. The first-order valence-corrected chi connectivity index (χ1v) is 6.92. The van der Waals surface area contributed by atoms with Crippen molar-refractivity contribution in [3.05, 3.63) is 29.8 Å². The standard InChI is InChI=1S/C15H25N3/c1-4-15(16)13-5-7-14(8-6-13)18-10-9-17(3)11-12(18)2/h5-8,12,15H,4,9-11,16H2,1-3H3/t12?,15-/m1/s1. The summed E-state index contributed by atoms with van der Waals surface area (Å²) < 4.78 is 0. The highest BCUT2D eigenvalue weighted by molar-refractivity contribution is 5.49. The van der Waals surface area contributed by atoms with E-state index in [9.17, 15) is 0 Å². The molecule has 1 fully saturated rings. The first-order valence-electron chi connectivity index (χ1n) is 6.92. The average molecular weight is 247 g/mol. The monoisotopic (exact) mass is 247 g/mol. The quantitative estimate of drug-likeness (QED) is 0.889. The zero-order valence-electron chi connectivity index (χ0n) is 11.8. The van der Waals surface area contributed by atoms with Crippen LogP contribution < -0.4 is 10.6 Å². The molecule has 0 amide bonds. The maximum absolute atomic E-state index is 6.05. The number of nitrogens with two attached hydrogens (primary N) is 1. The molecule has 0 saturated carbocycles. The lowest BCUT2D eigenvalue weighted by Crippen LogP contribution is -2.50. The summed E-state index contributed by atoms with van der Waals surface area (Å²) in [4.78, 5) is 4.88. The molecule has 2 atom stereocenters. The maximum atomic E-state index is 6.05. The first kappa shape index (κ1) is 13.4. The molecule has 1 aromatic carbocycles. The van der Waals surface area contributed by atoms with Crippen molar-refractivity contribution in [1.82, 2.24) is 4.90 Å². The highest BCUT2D eigenvalue weighted by atomic mass is 15.3. The van der Waals surface area contributed by atoms with E-state index in [1.165, 1.54) is 11.3 Å². The Bertz CT molecular complexity index is 374. The fourth-order valence-electron chi connectivity index (χ4n) is 2.67. The zero-order valence-corrected chi connectivity index (χ0v) is 11.8. The van der Waals surface area contributed by atoms with Crippen LogP contribution in [0.1, 0.15) is 31.9 Å². The molecular formula is C15H25N3. The summed E-state index contributed by atoms with van der Waals surface area (Å²) in [7, 11) is 2.19.